The van der Waals surface area contributed by atoms with Crippen LogP contribution in [0, 0.1) is 0 Å². The molecule has 0 aromatic heterocycles. The van der Waals surface area contributed by atoms with Crippen LogP contribution in [0.2, 0.25) is 5.02 Å². The van der Waals surface area contributed by atoms with Crippen LogP contribution in [0.5, 0.6) is 0 Å². The quantitative estimate of drug-likeness (QED) is 0.382. The van der Waals surface area contributed by atoms with E-state index in [0.717, 1.165) is 49.7 Å². The minimum Gasteiger partial charge on any atom is -0.327 e. The first-order chi connectivity index (χ1) is 16.3. The zero-order valence-electron chi connectivity index (χ0n) is 20.0. The van der Waals surface area contributed by atoms with E-state index in [0.29, 0.717) is 16.6 Å². The molecule has 5 nitrogen and oxygen atoms in total. The Labute approximate surface area is 207 Å². The summed E-state index contributed by atoms with van der Waals surface area (Å²) >= 11 is 6.01. The van der Waals surface area contributed by atoms with Crippen molar-refractivity contribution in [3.05, 3.63) is 64.7 Å². The number of carbonyl (C=O) groups excluding carboxylic acids is 3. The van der Waals surface area contributed by atoms with Crippen molar-refractivity contribution in [3.8, 4) is 0 Å². The second kappa shape index (κ2) is 10.7. The van der Waals surface area contributed by atoms with Crippen molar-refractivity contribution in [2.75, 3.05) is 4.90 Å². The largest absolute Gasteiger partial charge is 0.327 e. The molecule has 0 bridgehead atoms. The Morgan fingerprint density at radius 3 is 2.18 bits per heavy atom. The number of halogens is 1. The van der Waals surface area contributed by atoms with Crippen LogP contribution in [0.1, 0.15) is 75.8 Å². The van der Waals surface area contributed by atoms with E-state index in [-0.39, 0.29) is 36.6 Å². The Hall–Kier alpha value is -2.66. The highest BCUT2D eigenvalue weighted by Crippen LogP contribution is 2.32. The molecule has 2 aromatic rings. The molecule has 2 aromatic carbocycles. The van der Waals surface area contributed by atoms with Crippen LogP contribution in [0.4, 0.5) is 5.69 Å². The van der Waals surface area contributed by atoms with Gasteiger partial charge < -0.3 is 4.90 Å². The maximum Gasteiger partial charge on any atom is 0.257 e. The number of benzene rings is 2. The van der Waals surface area contributed by atoms with E-state index >= 15 is 0 Å². The van der Waals surface area contributed by atoms with E-state index in [1.807, 2.05) is 36.4 Å². The minimum absolute atomic E-state index is 0.0210. The molecule has 34 heavy (non-hydrogen) atoms. The average molecular weight is 481 g/mol. The third kappa shape index (κ3) is 5.35. The smallest absolute Gasteiger partial charge is 0.257 e. The van der Waals surface area contributed by atoms with Crippen molar-refractivity contribution in [1.82, 2.24) is 4.90 Å². The molecule has 1 saturated carbocycles. The van der Waals surface area contributed by atoms with Gasteiger partial charge in [-0.2, -0.15) is 0 Å². The number of hydrogen-bond acceptors (Lipinski definition) is 3. The summed E-state index contributed by atoms with van der Waals surface area (Å²) in [6, 6.07) is 14.0. The van der Waals surface area contributed by atoms with Gasteiger partial charge in [0.05, 0.1) is 18.5 Å². The maximum absolute atomic E-state index is 13.6. The highest BCUT2D eigenvalue weighted by Gasteiger charge is 2.46. The molecule has 0 radical (unpaired) electrons. The molecule has 2 aliphatic rings. The molecule has 6 heteroatoms. The standard InChI is InChI=1S/C28H33ClN2O3/c1-19(2)21-11-15-24(16-12-21)31-27(33)18-25(28(31)34)30(23-7-5-3-4-6-8-23)26(32)17-20-9-13-22(29)14-10-20/h9-16,19,23,25H,3-8,17-18H2,1-2H3. The number of carbonyl (C=O) groups is 3. The van der Waals surface area contributed by atoms with Gasteiger partial charge in [0.15, 0.2) is 0 Å². The lowest BCUT2D eigenvalue weighted by Gasteiger charge is -2.35. The molecule has 1 unspecified atom stereocenters. The fourth-order valence-electron chi connectivity index (χ4n) is 5.15. The van der Waals surface area contributed by atoms with E-state index in [9.17, 15) is 14.4 Å². The Bertz CT molecular complexity index is 1020. The van der Waals surface area contributed by atoms with Crippen molar-refractivity contribution < 1.29 is 14.4 Å². The molecular weight excluding hydrogens is 448 g/mol. The first-order valence-corrected chi connectivity index (χ1v) is 12.8. The van der Waals surface area contributed by atoms with Crippen molar-refractivity contribution in [2.45, 2.75) is 83.2 Å². The molecule has 0 N–H and O–H groups in total. The lowest BCUT2D eigenvalue weighted by molar-refractivity contribution is -0.140. The number of imide groups is 1. The molecule has 1 aliphatic carbocycles. The molecule has 2 fully saturated rings. The fraction of sp³-hybridized carbons (Fsp3) is 0.464. The number of amides is 3. The SMILES string of the molecule is CC(C)c1ccc(N2C(=O)CC(N(C(=O)Cc3ccc(Cl)cc3)C3CCCCCC3)C2=O)cc1. The number of nitrogens with zero attached hydrogens (tertiary/aromatic N) is 2. The second-order valence-electron chi connectivity index (χ2n) is 9.78. The Morgan fingerprint density at radius 1 is 0.971 bits per heavy atom. The third-order valence-corrected chi connectivity index (χ3v) is 7.30. The van der Waals surface area contributed by atoms with Crippen LogP contribution in [-0.2, 0) is 20.8 Å². The van der Waals surface area contributed by atoms with Crippen LogP contribution in [0.25, 0.3) is 0 Å². The molecule has 1 saturated heterocycles. The average Bonchev–Trinajstić information content (AvgIpc) is 2.98. The molecule has 180 valence electrons. The fourth-order valence-corrected chi connectivity index (χ4v) is 5.27. The van der Waals surface area contributed by atoms with Crippen LogP contribution >= 0.6 is 11.6 Å². The van der Waals surface area contributed by atoms with Crippen LogP contribution < -0.4 is 4.90 Å². The van der Waals surface area contributed by atoms with Crippen molar-refractivity contribution in [3.63, 3.8) is 0 Å². The molecular formula is C28H33ClN2O3. The first-order valence-electron chi connectivity index (χ1n) is 12.4. The summed E-state index contributed by atoms with van der Waals surface area (Å²) in [5.74, 6) is -0.276. The van der Waals surface area contributed by atoms with E-state index in [1.165, 1.54) is 4.90 Å². The lowest BCUT2D eigenvalue weighted by Crippen LogP contribution is -2.51. The summed E-state index contributed by atoms with van der Waals surface area (Å²) in [7, 11) is 0. The van der Waals surface area contributed by atoms with Gasteiger partial charge in [-0.15, -0.1) is 0 Å². The number of hydrogen-bond donors (Lipinski definition) is 0. The Morgan fingerprint density at radius 2 is 1.59 bits per heavy atom. The highest BCUT2D eigenvalue weighted by molar-refractivity contribution is 6.30. The van der Waals surface area contributed by atoms with Gasteiger partial charge in [-0.3, -0.25) is 14.4 Å². The Kier molecular flexibility index (Phi) is 7.72. The second-order valence-corrected chi connectivity index (χ2v) is 10.2. The van der Waals surface area contributed by atoms with Crippen LogP contribution in [-0.4, -0.2) is 34.7 Å². The first kappa shape index (κ1) is 24.5. The number of anilines is 1. The topological polar surface area (TPSA) is 57.7 Å². The normalized spacial score (nSPS) is 19.5. The predicted molar refractivity (Wildman–Crippen MR) is 135 cm³/mol. The summed E-state index contributed by atoms with van der Waals surface area (Å²) in [6.45, 7) is 4.21. The van der Waals surface area contributed by atoms with Gasteiger partial charge in [-0.1, -0.05) is 75.4 Å². The summed E-state index contributed by atoms with van der Waals surface area (Å²) < 4.78 is 0. The van der Waals surface area contributed by atoms with E-state index in [4.69, 9.17) is 11.6 Å². The molecule has 1 aliphatic heterocycles. The van der Waals surface area contributed by atoms with E-state index < -0.39 is 6.04 Å². The van der Waals surface area contributed by atoms with Crippen molar-refractivity contribution >= 4 is 35.0 Å². The lowest BCUT2D eigenvalue weighted by atomic mass is 10.0. The van der Waals surface area contributed by atoms with Gasteiger partial charge >= 0.3 is 0 Å². The van der Waals surface area contributed by atoms with Gasteiger partial charge in [0.1, 0.15) is 6.04 Å². The summed E-state index contributed by atoms with van der Waals surface area (Å²) in [6.07, 6.45) is 6.31. The van der Waals surface area contributed by atoms with E-state index in [2.05, 4.69) is 13.8 Å². The van der Waals surface area contributed by atoms with Gasteiger partial charge in [0.2, 0.25) is 11.8 Å². The Balaban J connectivity index is 1.61. The molecule has 1 heterocycles. The highest BCUT2D eigenvalue weighted by atomic mass is 35.5. The van der Waals surface area contributed by atoms with Crippen LogP contribution in [0.15, 0.2) is 48.5 Å². The third-order valence-electron chi connectivity index (χ3n) is 7.05. The molecule has 3 amide bonds. The van der Waals surface area contributed by atoms with E-state index in [1.54, 1.807) is 17.0 Å². The summed E-state index contributed by atoms with van der Waals surface area (Å²) in [5, 5.41) is 0.618. The summed E-state index contributed by atoms with van der Waals surface area (Å²) in [4.78, 5) is 43.3. The zero-order valence-corrected chi connectivity index (χ0v) is 20.8. The predicted octanol–water partition coefficient (Wildman–Crippen LogP) is 5.89. The van der Waals surface area contributed by atoms with Crippen molar-refractivity contribution in [2.24, 2.45) is 0 Å². The van der Waals surface area contributed by atoms with Gasteiger partial charge in [-0.05, 0) is 54.2 Å². The molecule has 4 rings (SSSR count). The van der Waals surface area contributed by atoms with Gasteiger partial charge in [-0.25, -0.2) is 4.90 Å². The maximum atomic E-state index is 13.6. The number of rotatable bonds is 6. The molecule has 0 spiro atoms. The van der Waals surface area contributed by atoms with Crippen LogP contribution in [0.3, 0.4) is 0 Å². The van der Waals surface area contributed by atoms with Gasteiger partial charge in [0.25, 0.3) is 5.91 Å². The zero-order chi connectivity index (χ0) is 24.2. The molecule has 1 atom stereocenters. The van der Waals surface area contributed by atoms with Crippen molar-refractivity contribution in [1.29, 1.82) is 0 Å². The monoisotopic (exact) mass is 480 g/mol. The minimum atomic E-state index is -0.750. The van der Waals surface area contributed by atoms with Gasteiger partial charge in [0, 0.05) is 11.1 Å². The summed E-state index contributed by atoms with van der Waals surface area (Å²) in [5.41, 5.74) is 2.58.